The van der Waals surface area contributed by atoms with Gasteiger partial charge in [-0.1, -0.05) is 6.92 Å². The van der Waals surface area contributed by atoms with Crippen LogP contribution >= 0.6 is 15.9 Å². The zero-order valence-corrected chi connectivity index (χ0v) is 13.2. The summed E-state index contributed by atoms with van der Waals surface area (Å²) in [6.45, 7) is 7.96. The predicted molar refractivity (Wildman–Crippen MR) is 82.0 cm³/mol. The highest BCUT2D eigenvalue weighted by Crippen LogP contribution is 2.24. The predicted octanol–water partition coefficient (Wildman–Crippen LogP) is 4.12. The summed E-state index contributed by atoms with van der Waals surface area (Å²) >= 11 is 3.23. The first kappa shape index (κ1) is 14.8. The fourth-order valence-corrected chi connectivity index (χ4v) is 3.13. The van der Waals surface area contributed by atoms with Crippen LogP contribution in [0.5, 0.6) is 0 Å². The molecule has 0 aromatic heterocycles. The SMILES string of the molecule is CCN1CCCC(C(C)Nc2ccc(F)c(Br)c2)C1. The number of hydrogen-bond acceptors (Lipinski definition) is 2. The van der Waals surface area contributed by atoms with Crippen LogP contribution in [0.3, 0.4) is 0 Å². The number of anilines is 1. The maximum atomic E-state index is 13.2. The summed E-state index contributed by atoms with van der Waals surface area (Å²) < 4.78 is 13.7. The Morgan fingerprint density at radius 2 is 2.32 bits per heavy atom. The Hall–Kier alpha value is -0.610. The highest BCUT2D eigenvalue weighted by molar-refractivity contribution is 9.10. The van der Waals surface area contributed by atoms with E-state index < -0.39 is 0 Å². The summed E-state index contributed by atoms with van der Waals surface area (Å²) in [4.78, 5) is 2.51. The minimum atomic E-state index is -0.215. The number of likely N-dealkylation sites (tertiary alicyclic amines) is 1. The second-order valence-electron chi connectivity index (χ2n) is 5.36. The molecule has 1 N–H and O–H groups in total. The highest BCUT2D eigenvalue weighted by atomic mass is 79.9. The third-order valence-electron chi connectivity index (χ3n) is 4.01. The lowest BCUT2D eigenvalue weighted by molar-refractivity contribution is 0.172. The van der Waals surface area contributed by atoms with Gasteiger partial charge in [-0.15, -0.1) is 0 Å². The van der Waals surface area contributed by atoms with E-state index in [1.165, 1.54) is 25.5 Å². The molecule has 19 heavy (non-hydrogen) atoms. The standard InChI is InChI=1S/C15H22BrFN2/c1-3-19-8-4-5-12(10-19)11(2)18-13-6-7-15(17)14(16)9-13/h6-7,9,11-12,18H,3-5,8,10H2,1-2H3. The average molecular weight is 329 g/mol. The molecule has 1 aromatic rings. The van der Waals surface area contributed by atoms with Gasteiger partial charge in [0.2, 0.25) is 0 Å². The van der Waals surface area contributed by atoms with Gasteiger partial charge in [-0.05, 0) is 72.9 Å². The number of nitrogens with one attached hydrogen (secondary N) is 1. The lowest BCUT2D eigenvalue weighted by Gasteiger charge is -2.35. The van der Waals surface area contributed by atoms with Crippen LogP contribution in [0.15, 0.2) is 22.7 Å². The van der Waals surface area contributed by atoms with Crippen molar-refractivity contribution in [3.63, 3.8) is 0 Å². The Balaban J connectivity index is 1.96. The van der Waals surface area contributed by atoms with E-state index in [4.69, 9.17) is 0 Å². The maximum Gasteiger partial charge on any atom is 0.137 e. The molecule has 1 aliphatic rings. The molecule has 0 radical (unpaired) electrons. The third-order valence-corrected chi connectivity index (χ3v) is 4.62. The summed E-state index contributed by atoms with van der Waals surface area (Å²) in [5, 5.41) is 3.50. The Bertz CT molecular complexity index is 425. The molecule has 4 heteroatoms. The van der Waals surface area contributed by atoms with Crippen molar-refractivity contribution in [2.45, 2.75) is 32.7 Å². The molecule has 2 atom stereocenters. The molecule has 2 unspecified atom stereocenters. The first-order valence-electron chi connectivity index (χ1n) is 7.04. The van der Waals surface area contributed by atoms with Gasteiger partial charge in [0.1, 0.15) is 5.82 Å². The smallest absolute Gasteiger partial charge is 0.137 e. The van der Waals surface area contributed by atoms with Crippen molar-refractivity contribution in [1.29, 1.82) is 0 Å². The number of nitrogens with zero attached hydrogens (tertiary/aromatic N) is 1. The fourth-order valence-electron chi connectivity index (χ4n) is 2.75. The van der Waals surface area contributed by atoms with Crippen molar-refractivity contribution in [3.8, 4) is 0 Å². The number of halogens is 2. The Morgan fingerprint density at radius 3 is 3.00 bits per heavy atom. The first-order valence-corrected chi connectivity index (χ1v) is 7.83. The van der Waals surface area contributed by atoms with Crippen molar-refractivity contribution in [3.05, 3.63) is 28.5 Å². The van der Waals surface area contributed by atoms with E-state index in [1.807, 2.05) is 6.07 Å². The largest absolute Gasteiger partial charge is 0.382 e. The van der Waals surface area contributed by atoms with E-state index in [0.717, 1.165) is 18.8 Å². The Labute approximate surface area is 123 Å². The molecule has 106 valence electrons. The van der Waals surface area contributed by atoms with Crippen LogP contribution in [0.25, 0.3) is 0 Å². The van der Waals surface area contributed by atoms with Gasteiger partial charge in [-0.25, -0.2) is 4.39 Å². The van der Waals surface area contributed by atoms with Crippen molar-refractivity contribution in [2.24, 2.45) is 5.92 Å². The van der Waals surface area contributed by atoms with Crippen molar-refractivity contribution in [2.75, 3.05) is 25.0 Å². The lowest BCUT2D eigenvalue weighted by atomic mass is 9.91. The van der Waals surface area contributed by atoms with E-state index in [1.54, 1.807) is 6.07 Å². The van der Waals surface area contributed by atoms with E-state index in [9.17, 15) is 4.39 Å². The van der Waals surface area contributed by atoms with Gasteiger partial charge in [0.25, 0.3) is 0 Å². The summed E-state index contributed by atoms with van der Waals surface area (Å²) in [5.41, 5.74) is 0.981. The quantitative estimate of drug-likeness (QED) is 0.894. The molecule has 0 amide bonds. The number of piperidine rings is 1. The van der Waals surface area contributed by atoms with Crippen LogP contribution in [0.2, 0.25) is 0 Å². The number of benzene rings is 1. The van der Waals surface area contributed by atoms with Crippen LogP contribution < -0.4 is 5.32 Å². The normalized spacial score (nSPS) is 22.2. The van der Waals surface area contributed by atoms with Gasteiger partial charge in [0, 0.05) is 18.3 Å². The van der Waals surface area contributed by atoms with Crippen LogP contribution in [0.4, 0.5) is 10.1 Å². The van der Waals surface area contributed by atoms with E-state index in [-0.39, 0.29) is 5.82 Å². The molecule has 1 fully saturated rings. The molecule has 1 aromatic carbocycles. The lowest BCUT2D eigenvalue weighted by Crippen LogP contribution is -2.41. The fraction of sp³-hybridized carbons (Fsp3) is 0.600. The number of hydrogen-bond donors (Lipinski definition) is 1. The highest BCUT2D eigenvalue weighted by Gasteiger charge is 2.23. The summed E-state index contributed by atoms with van der Waals surface area (Å²) in [7, 11) is 0. The zero-order valence-electron chi connectivity index (χ0n) is 11.6. The molecular formula is C15H22BrFN2. The third kappa shape index (κ3) is 3.93. The summed E-state index contributed by atoms with van der Waals surface area (Å²) in [6, 6.07) is 5.52. The minimum absolute atomic E-state index is 0.215. The average Bonchev–Trinajstić information content (AvgIpc) is 2.43. The summed E-state index contributed by atoms with van der Waals surface area (Å²) in [6.07, 6.45) is 2.55. The van der Waals surface area contributed by atoms with E-state index in [2.05, 4.69) is 40.0 Å². The second-order valence-corrected chi connectivity index (χ2v) is 6.21. The Kier molecular flexibility index (Phi) is 5.22. The molecule has 0 aliphatic carbocycles. The molecule has 1 heterocycles. The molecule has 2 nitrogen and oxygen atoms in total. The van der Waals surface area contributed by atoms with Crippen molar-refractivity contribution in [1.82, 2.24) is 4.90 Å². The van der Waals surface area contributed by atoms with Crippen molar-refractivity contribution >= 4 is 21.6 Å². The molecule has 2 rings (SSSR count). The van der Waals surface area contributed by atoms with Gasteiger partial charge < -0.3 is 10.2 Å². The minimum Gasteiger partial charge on any atom is -0.382 e. The van der Waals surface area contributed by atoms with Crippen LogP contribution in [-0.2, 0) is 0 Å². The topological polar surface area (TPSA) is 15.3 Å². The maximum absolute atomic E-state index is 13.2. The molecule has 0 spiro atoms. The molecule has 0 saturated carbocycles. The molecule has 1 saturated heterocycles. The van der Waals surface area contributed by atoms with Gasteiger partial charge in [0.15, 0.2) is 0 Å². The van der Waals surface area contributed by atoms with Crippen LogP contribution in [-0.4, -0.2) is 30.6 Å². The van der Waals surface area contributed by atoms with Crippen molar-refractivity contribution < 1.29 is 4.39 Å². The zero-order chi connectivity index (χ0) is 13.8. The summed E-state index contributed by atoms with van der Waals surface area (Å²) in [5.74, 6) is 0.450. The van der Waals surface area contributed by atoms with Gasteiger partial charge in [-0.3, -0.25) is 0 Å². The Morgan fingerprint density at radius 1 is 1.53 bits per heavy atom. The number of rotatable bonds is 4. The molecule has 1 aliphatic heterocycles. The van der Waals surface area contributed by atoms with Crippen LogP contribution in [0, 0.1) is 11.7 Å². The van der Waals surface area contributed by atoms with Gasteiger partial charge in [-0.2, -0.15) is 0 Å². The first-order chi connectivity index (χ1) is 9.10. The van der Waals surface area contributed by atoms with E-state index in [0.29, 0.717) is 16.4 Å². The molecule has 0 bridgehead atoms. The van der Waals surface area contributed by atoms with E-state index >= 15 is 0 Å². The van der Waals surface area contributed by atoms with Gasteiger partial charge in [0.05, 0.1) is 4.47 Å². The second kappa shape index (κ2) is 6.71. The van der Waals surface area contributed by atoms with Crippen LogP contribution in [0.1, 0.15) is 26.7 Å². The molecular weight excluding hydrogens is 307 g/mol. The monoisotopic (exact) mass is 328 g/mol. The van der Waals surface area contributed by atoms with Gasteiger partial charge >= 0.3 is 0 Å².